The minimum absolute atomic E-state index is 0.0234. The highest BCUT2D eigenvalue weighted by Gasteiger charge is 2.65. The monoisotopic (exact) mass is 871 g/mol. The van der Waals surface area contributed by atoms with E-state index in [2.05, 4.69) is 24.6 Å². The maximum atomic E-state index is 14.6. The van der Waals surface area contributed by atoms with E-state index in [9.17, 15) is 29.9 Å². The van der Waals surface area contributed by atoms with Crippen LogP contribution in [0.1, 0.15) is 94.6 Å². The number of non-ortho nitro benzene ring substituents is 1. The first-order chi connectivity index (χ1) is 30.7. The van der Waals surface area contributed by atoms with E-state index in [1.807, 2.05) is 34.9 Å². The first-order valence-corrected chi connectivity index (χ1v) is 22.7. The van der Waals surface area contributed by atoms with Gasteiger partial charge in [0.25, 0.3) is 5.69 Å². The number of unbranched alkanes of at least 4 members (excludes halogenated alkanes) is 2. The minimum Gasteiger partial charge on any atom is -0.490 e. The molecule has 1 saturated carbocycles. The van der Waals surface area contributed by atoms with Crippen molar-refractivity contribution in [2.24, 2.45) is 22.9 Å². The maximum absolute atomic E-state index is 14.6. The van der Waals surface area contributed by atoms with E-state index in [0.717, 1.165) is 49.8 Å². The van der Waals surface area contributed by atoms with Crippen molar-refractivity contribution in [3.63, 3.8) is 0 Å². The lowest BCUT2D eigenvalue weighted by Crippen LogP contribution is -2.70. The molecule has 15 heteroatoms. The van der Waals surface area contributed by atoms with E-state index in [0.29, 0.717) is 81.1 Å². The van der Waals surface area contributed by atoms with E-state index in [1.54, 1.807) is 24.3 Å². The van der Waals surface area contributed by atoms with Crippen molar-refractivity contribution < 1.29 is 43.8 Å². The summed E-state index contributed by atoms with van der Waals surface area (Å²) in [4.78, 5) is 47.7. The lowest BCUT2D eigenvalue weighted by atomic mass is 9.55. The van der Waals surface area contributed by atoms with Gasteiger partial charge in [-0.25, -0.2) is 4.79 Å². The third-order valence-corrected chi connectivity index (χ3v) is 12.7. The summed E-state index contributed by atoms with van der Waals surface area (Å²) in [5.74, 6) is -0.632. The molecule has 2 aliphatic heterocycles. The Hall–Kier alpha value is -5.25. The van der Waals surface area contributed by atoms with Crippen LogP contribution in [0.15, 0.2) is 84.6 Å². The molecule has 15 nitrogen and oxygen atoms in total. The minimum atomic E-state index is -1.42. The number of rotatable bonds is 25. The number of aliphatic hydroxyl groups is 2. The van der Waals surface area contributed by atoms with Gasteiger partial charge in [-0.1, -0.05) is 49.7 Å². The van der Waals surface area contributed by atoms with E-state index < -0.39 is 22.7 Å². The Kier molecular flexibility index (Phi) is 17.2. The summed E-state index contributed by atoms with van der Waals surface area (Å²) < 4.78 is 20.5. The predicted molar refractivity (Wildman–Crippen MR) is 239 cm³/mol. The number of nitrogens with zero attached hydrogens (tertiary/aromatic N) is 4. The zero-order chi connectivity index (χ0) is 44.8. The fraction of sp³-hybridized carbons (Fsp3) is 0.562. The van der Waals surface area contributed by atoms with Crippen molar-refractivity contribution in [1.29, 1.82) is 0 Å². The van der Waals surface area contributed by atoms with Crippen LogP contribution in [0.2, 0.25) is 0 Å². The maximum Gasteiger partial charge on any atom is 0.317 e. The molecule has 0 spiro atoms. The lowest BCUT2D eigenvalue weighted by Gasteiger charge is -2.60. The SMILES string of the molecule is C=CCOc1ccc2c(c1)[C@H]1[C@H](CCCCO)[C@@H](CCCCO)C=C3C(=NOCc4ccc([N+](=O)[O-])cc4)C[C@H](N(CCC)C(=O)NCCCN4CCCC4=O)[C@@](OCC=C)(O2)[C@H]31. The topological polar surface area (TPSA) is 186 Å². The first kappa shape index (κ1) is 47.2. The van der Waals surface area contributed by atoms with Crippen LogP contribution in [0, 0.1) is 27.9 Å². The summed E-state index contributed by atoms with van der Waals surface area (Å²) in [5, 5.41) is 39.2. The number of aliphatic hydroxyl groups excluding tert-OH is 2. The average molecular weight is 872 g/mol. The van der Waals surface area contributed by atoms with Gasteiger partial charge in [0.15, 0.2) is 0 Å². The number of nitro groups is 1. The lowest BCUT2D eigenvalue weighted by molar-refractivity contribution is -0.384. The first-order valence-electron chi connectivity index (χ1n) is 22.7. The van der Waals surface area contributed by atoms with Crippen LogP contribution in [0.4, 0.5) is 10.5 Å². The number of carbonyl (C=O) groups is 2. The van der Waals surface area contributed by atoms with Crippen LogP contribution < -0.4 is 14.8 Å². The van der Waals surface area contributed by atoms with Crippen molar-refractivity contribution in [3.05, 3.63) is 101 Å². The van der Waals surface area contributed by atoms with Crippen LogP contribution in [0.5, 0.6) is 11.5 Å². The fourth-order valence-electron chi connectivity index (χ4n) is 9.94. The fourth-order valence-corrected chi connectivity index (χ4v) is 9.94. The molecule has 63 heavy (non-hydrogen) atoms. The van der Waals surface area contributed by atoms with E-state index in [1.165, 1.54) is 12.1 Å². The second-order valence-electron chi connectivity index (χ2n) is 16.8. The molecule has 6 rings (SSSR count). The number of hydrogen-bond donors (Lipinski definition) is 3. The highest BCUT2D eigenvalue weighted by atomic mass is 16.7. The van der Waals surface area contributed by atoms with Crippen LogP contribution in [-0.4, -0.2) is 107 Å². The largest absolute Gasteiger partial charge is 0.490 e. The molecule has 3 amide bonds. The Morgan fingerprint density at radius 1 is 1.08 bits per heavy atom. The Morgan fingerprint density at radius 2 is 1.84 bits per heavy atom. The smallest absolute Gasteiger partial charge is 0.317 e. The van der Waals surface area contributed by atoms with Crippen LogP contribution in [0.3, 0.4) is 0 Å². The number of allylic oxidation sites excluding steroid dienone is 1. The molecule has 0 bridgehead atoms. The predicted octanol–water partition coefficient (Wildman–Crippen LogP) is 7.43. The van der Waals surface area contributed by atoms with Gasteiger partial charge in [-0.15, -0.1) is 6.58 Å². The summed E-state index contributed by atoms with van der Waals surface area (Å²) in [5.41, 5.74) is 3.16. The third kappa shape index (κ3) is 11.1. The zero-order valence-electron chi connectivity index (χ0n) is 36.7. The van der Waals surface area contributed by atoms with Gasteiger partial charge in [-0.05, 0) is 98.2 Å². The number of carbonyl (C=O) groups excluding carboxylic acids is 2. The number of nitrogens with one attached hydrogen (secondary N) is 1. The molecule has 0 radical (unpaired) electrons. The summed E-state index contributed by atoms with van der Waals surface area (Å²) in [6.07, 6.45) is 13.0. The van der Waals surface area contributed by atoms with E-state index in [4.69, 9.17) is 24.2 Å². The Morgan fingerprint density at radius 3 is 2.52 bits per heavy atom. The van der Waals surface area contributed by atoms with Crippen LogP contribution in [0.25, 0.3) is 0 Å². The molecule has 2 fully saturated rings. The second-order valence-corrected chi connectivity index (χ2v) is 16.8. The number of ether oxygens (including phenoxy) is 3. The van der Waals surface area contributed by atoms with Gasteiger partial charge in [-0.2, -0.15) is 0 Å². The molecule has 0 unspecified atom stereocenters. The number of fused-ring (bicyclic) bond motifs is 2. The second kappa shape index (κ2) is 22.9. The van der Waals surface area contributed by atoms with E-state index in [-0.39, 0.29) is 68.2 Å². The Balaban J connectivity index is 1.49. The highest BCUT2D eigenvalue weighted by Crippen LogP contribution is 2.62. The van der Waals surface area contributed by atoms with Crippen molar-refractivity contribution in [3.8, 4) is 11.5 Å². The van der Waals surface area contributed by atoms with Gasteiger partial charge < -0.3 is 44.4 Å². The Labute approximate surface area is 370 Å². The summed E-state index contributed by atoms with van der Waals surface area (Å²) in [6, 6.07) is 11.0. The molecule has 2 aliphatic carbocycles. The summed E-state index contributed by atoms with van der Waals surface area (Å²) in [6.45, 7) is 12.6. The zero-order valence-corrected chi connectivity index (χ0v) is 36.7. The average Bonchev–Trinajstić information content (AvgIpc) is 3.70. The summed E-state index contributed by atoms with van der Waals surface area (Å²) in [7, 11) is 0. The molecule has 2 heterocycles. The van der Waals surface area contributed by atoms with Crippen molar-refractivity contribution >= 4 is 23.3 Å². The van der Waals surface area contributed by atoms with Gasteiger partial charge in [0.2, 0.25) is 11.7 Å². The number of hydrogen-bond acceptors (Lipinski definition) is 11. The third-order valence-electron chi connectivity index (χ3n) is 12.7. The van der Waals surface area contributed by atoms with Gasteiger partial charge in [0.05, 0.1) is 23.2 Å². The van der Waals surface area contributed by atoms with Crippen LogP contribution >= 0.6 is 0 Å². The van der Waals surface area contributed by atoms with Gasteiger partial charge >= 0.3 is 6.03 Å². The van der Waals surface area contributed by atoms with Crippen molar-refractivity contribution in [2.75, 3.05) is 52.6 Å². The normalized spacial score (nSPS) is 24.1. The number of oxime groups is 1. The van der Waals surface area contributed by atoms with Gasteiger partial charge in [0.1, 0.15) is 30.8 Å². The van der Waals surface area contributed by atoms with Crippen LogP contribution in [-0.2, 0) is 21.0 Å². The van der Waals surface area contributed by atoms with Gasteiger partial charge in [0, 0.05) is 75.8 Å². The number of benzene rings is 2. The number of likely N-dealkylation sites (tertiary alicyclic amines) is 1. The molecular weight excluding hydrogens is 807 g/mol. The van der Waals surface area contributed by atoms with E-state index >= 15 is 0 Å². The molecule has 6 atom stereocenters. The number of amides is 3. The molecule has 2 aromatic rings. The highest BCUT2D eigenvalue weighted by molar-refractivity contribution is 6.03. The molecule has 1 saturated heterocycles. The molecule has 342 valence electrons. The Bertz CT molecular complexity index is 1950. The standard InChI is InChI=1S/C48H65N5O10/c1-4-23-52(47(57)49-22-12-25-51-24-11-15-44(51)56)43-32-41(50-62-33-34-16-18-36(19-17-34)53(58)59)39-30-35(13-7-9-26-54)38(14-8-10-27-55)45-40-31-37(60-28-5-2)20-21-42(40)63-48(43,46(39)45)61-29-6-3/h5-6,16-21,30-31,35,38,43,45-46,54-55H,2-4,7-15,22-29,32-33H2,1H3,(H,49,57)/t35-,38+,43-,45+,46+,48+/m0/s1. The molecule has 0 aromatic heterocycles. The molecule has 3 N–H and O–H groups in total. The molecule has 2 aromatic carbocycles. The molecular formula is C48H65N5O10. The summed E-state index contributed by atoms with van der Waals surface area (Å²) >= 11 is 0. The quantitative estimate of drug-likeness (QED) is 0.0392. The van der Waals surface area contributed by atoms with Crippen molar-refractivity contribution in [2.45, 2.75) is 102 Å². The number of nitro benzene ring substituents is 1. The van der Waals surface area contributed by atoms with Gasteiger partial charge in [-0.3, -0.25) is 14.9 Å². The number of urea groups is 1. The molecule has 4 aliphatic rings. The van der Waals surface area contributed by atoms with Crippen molar-refractivity contribution in [1.82, 2.24) is 15.1 Å².